The number of nitrogens with one attached hydrogen (secondary N) is 1. The van der Waals surface area contributed by atoms with Crippen molar-refractivity contribution in [1.29, 1.82) is 0 Å². The topological polar surface area (TPSA) is 55.7 Å². The Balaban J connectivity index is 0.00000162. The van der Waals surface area contributed by atoms with E-state index >= 15 is 0 Å². The van der Waals surface area contributed by atoms with E-state index in [9.17, 15) is 10.2 Å². The van der Waals surface area contributed by atoms with Gasteiger partial charge in [0, 0.05) is 31.7 Å². The average Bonchev–Trinajstić information content (AvgIpc) is 2.37. The Morgan fingerprint density at radius 2 is 2.00 bits per heavy atom. The van der Waals surface area contributed by atoms with E-state index in [1.165, 1.54) is 0 Å². The Morgan fingerprint density at radius 3 is 2.61 bits per heavy atom. The van der Waals surface area contributed by atoms with E-state index in [0.717, 1.165) is 37.3 Å². The summed E-state index contributed by atoms with van der Waals surface area (Å²) in [6.45, 7) is 5.59. The van der Waals surface area contributed by atoms with Gasteiger partial charge in [0.25, 0.3) is 0 Å². The Hall–Kier alpha value is -0.810. The van der Waals surface area contributed by atoms with Gasteiger partial charge in [0.2, 0.25) is 0 Å². The number of hydrogen-bond acceptors (Lipinski definition) is 4. The molecule has 0 amide bonds. The molecule has 1 fully saturated rings. The van der Waals surface area contributed by atoms with Gasteiger partial charge in [-0.15, -0.1) is 12.4 Å². The van der Waals surface area contributed by atoms with E-state index in [4.69, 9.17) is 0 Å². The smallest absolute Gasteiger partial charge is 0.123 e. The van der Waals surface area contributed by atoms with Crippen LogP contribution in [0.2, 0.25) is 0 Å². The number of hydrogen-bond donors (Lipinski definition) is 3. The molecule has 1 heterocycles. The second-order valence-corrected chi connectivity index (χ2v) is 4.50. The lowest BCUT2D eigenvalue weighted by molar-refractivity contribution is 0.109. The third-order valence-corrected chi connectivity index (χ3v) is 3.39. The third kappa shape index (κ3) is 3.14. The van der Waals surface area contributed by atoms with Crippen molar-refractivity contribution in [2.45, 2.75) is 13.0 Å². The van der Waals surface area contributed by atoms with Gasteiger partial charge in [-0.25, -0.2) is 0 Å². The summed E-state index contributed by atoms with van der Waals surface area (Å²) in [4.78, 5) is 2.21. The fraction of sp³-hybridized carbons (Fsp3) is 0.538. The molecule has 1 saturated heterocycles. The van der Waals surface area contributed by atoms with Gasteiger partial charge in [0.15, 0.2) is 0 Å². The highest BCUT2D eigenvalue weighted by Crippen LogP contribution is 2.30. The molecule has 0 aliphatic carbocycles. The van der Waals surface area contributed by atoms with Crippen LogP contribution >= 0.6 is 12.4 Å². The predicted molar refractivity (Wildman–Crippen MR) is 74.4 cm³/mol. The van der Waals surface area contributed by atoms with Crippen LogP contribution < -0.4 is 5.32 Å². The van der Waals surface area contributed by atoms with Gasteiger partial charge in [-0.3, -0.25) is 4.90 Å². The highest BCUT2D eigenvalue weighted by molar-refractivity contribution is 5.85. The molecule has 0 saturated carbocycles. The molecular weight excluding hydrogens is 252 g/mol. The van der Waals surface area contributed by atoms with Crippen LogP contribution in [0, 0.1) is 6.92 Å². The number of aromatic hydroxyl groups is 1. The van der Waals surface area contributed by atoms with Crippen molar-refractivity contribution in [3.05, 3.63) is 29.3 Å². The average molecular weight is 273 g/mol. The zero-order valence-electron chi connectivity index (χ0n) is 10.6. The number of phenols is 1. The first-order valence-corrected chi connectivity index (χ1v) is 6.08. The highest BCUT2D eigenvalue weighted by Gasteiger charge is 2.23. The number of aliphatic hydroxyl groups is 1. The molecule has 0 bridgehead atoms. The van der Waals surface area contributed by atoms with Crippen LogP contribution in [-0.4, -0.2) is 47.9 Å². The minimum absolute atomic E-state index is 0. The van der Waals surface area contributed by atoms with E-state index in [0.29, 0.717) is 5.75 Å². The second kappa shape index (κ2) is 6.95. The summed E-state index contributed by atoms with van der Waals surface area (Å²) >= 11 is 0. The van der Waals surface area contributed by atoms with Crippen LogP contribution in [0.25, 0.3) is 0 Å². The molecule has 1 atom stereocenters. The molecule has 4 nitrogen and oxygen atoms in total. The van der Waals surface area contributed by atoms with Crippen LogP contribution in [-0.2, 0) is 0 Å². The monoisotopic (exact) mass is 272 g/mol. The standard InChI is InChI=1S/C13H20N2O2.ClH/c1-10-3-2-4-11(13(10)17)12(9-16)15-7-5-14-6-8-15;/h2-4,12,14,16-17H,5-9H2,1H3;1H/t12-;/m1./s1. The molecule has 0 radical (unpaired) electrons. The minimum Gasteiger partial charge on any atom is -0.507 e. The van der Waals surface area contributed by atoms with Crippen LogP contribution in [0.1, 0.15) is 17.2 Å². The van der Waals surface area contributed by atoms with Crippen molar-refractivity contribution in [2.24, 2.45) is 0 Å². The molecule has 18 heavy (non-hydrogen) atoms. The first-order valence-electron chi connectivity index (χ1n) is 6.08. The SMILES string of the molecule is Cc1cccc([C@@H](CO)N2CCNCC2)c1O.Cl. The molecule has 0 aromatic heterocycles. The summed E-state index contributed by atoms with van der Waals surface area (Å²) in [7, 11) is 0. The molecule has 2 rings (SSSR count). The molecule has 0 spiro atoms. The Bertz CT molecular complexity index is 381. The number of rotatable bonds is 3. The van der Waals surface area contributed by atoms with Crippen LogP contribution in [0.3, 0.4) is 0 Å². The molecule has 3 N–H and O–H groups in total. The Labute approximate surface area is 114 Å². The van der Waals surface area contributed by atoms with Crippen LogP contribution in [0.15, 0.2) is 18.2 Å². The number of nitrogens with zero attached hydrogens (tertiary/aromatic N) is 1. The second-order valence-electron chi connectivity index (χ2n) is 4.50. The molecule has 0 unspecified atom stereocenters. The molecule has 1 aliphatic heterocycles. The van der Waals surface area contributed by atoms with Crippen LogP contribution in [0.5, 0.6) is 5.75 Å². The van der Waals surface area contributed by atoms with Gasteiger partial charge in [-0.05, 0) is 12.5 Å². The van der Waals surface area contributed by atoms with E-state index in [-0.39, 0.29) is 25.1 Å². The minimum atomic E-state index is -0.100. The van der Waals surface area contributed by atoms with E-state index in [1.54, 1.807) is 0 Å². The van der Waals surface area contributed by atoms with E-state index in [1.807, 2.05) is 25.1 Å². The first kappa shape index (κ1) is 15.2. The number of phenolic OH excluding ortho intramolecular Hbond substituents is 1. The molecule has 1 aromatic carbocycles. The van der Waals surface area contributed by atoms with E-state index < -0.39 is 0 Å². The summed E-state index contributed by atoms with van der Waals surface area (Å²) in [5, 5.41) is 22.9. The Kier molecular flexibility index (Phi) is 5.88. The van der Waals surface area contributed by atoms with Gasteiger partial charge in [-0.1, -0.05) is 18.2 Å². The number of para-hydroxylation sites is 1. The van der Waals surface area contributed by atoms with Crippen molar-refractivity contribution >= 4 is 12.4 Å². The molecule has 1 aliphatic rings. The fourth-order valence-corrected chi connectivity index (χ4v) is 2.35. The van der Waals surface area contributed by atoms with Crippen molar-refractivity contribution in [2.75, 3.05) is 32.8 Å². The summed E-state index contributed by atoms with van der Waals surface area (Å²) < 4.78 is 0. The first-order chi connectivity index (χ1) is 8.24. The maximum absolute atomic E-state index is 10.1. The predicted octanol–water partition coefficient (Wildman–Crippen LogP) is 1.06. The summed E-state index contributed by atoms with van der Waals surface area (Å²) in [5.41, 5.74) is 1.69. The van der Waals surface area contributed by atoms with Crippen molar-refractivity contribution in [3.63, 3.8) is 0 Å². The molecule has 1 aromatic rings. The summed E-state index contributed by atoms with van der Waals surface area (Å²) in [5.74, 6) is 0.310. The number of halogens is 1. The number of aliphatic hydroxyl groups excluding tert-OH is 1. The maximum atomic E-state index is 10.1. The van der Waals surface area contributed by atoms with Gasteiger partial charge in [-0.2, -0.15) is 0 Å². The van der Waals surface area contributed by atoms with Gasteiger partial charge < -0.3 is 15.5 Å². The molecule has 5 heteroatoms. The third-order valence-electron chi connectivity index (χ3n) is 3.39. The van der Waals surface area contributed by atoms with Crippen LogP contribution in [0.4, 0.5) is 0 Å². The molecule has 102 valence electrons. The quantitative estimate of drug-likeness (QED) is 0.770. The lowest BCUT2D eigenvalue weighted by Crippen LogP contribution is -2.46. The largest absolute Gasteiger partial charge is 0.507 e. The highest BCUT2D eigenvalue weighted by atomic mass is 35.5. The summed E-state index contributed by atoms with van der Waals surface area (Å²) in [6, 6.07) is 5.60. The summed E-state index contributed by atoms with van der Waals surface area (Å²) in [6.07, 6.45) is 0. The number of benzene rings is 1. The lowest BCUT2D eigenvalue weighted by atomic mass is 10.0. The van der Waals surface area contributed by atoms with Crippen molar-refractivity contribution in [1.82, 2.24) is 10.2 Å². The Morgan fingerprint density at radius 1 is 1.33 bits per heavy atom. The zero-order valence-corrected chi connectivity index (χ0v) is 11.4. The zero-order chi connectivity index (χ0) is 12.3. The van der Waals surface area contributed by atoms with E-state index in [2.05, 4.69) is 10.2 Å². The number of aryl methyl sites for hydroxylation is 1. The van der Waals surface area contributed by atoms with Gasteiger partial charge in [0.05, 0.1) is 12.6 Å². The normalized spacial score (nSPS) is 18.1. The van der Waals surface area contributed by atoms with Gasteiger partial charge in [0.1, 0.15) is 5.75 Å². The maximum Gasteiger partial charge on any atom is 0.123 e. The number of piperazine rings is 1. The molecular formula is C13H21ClN2O2. The van der Waals surface area contributed by atoms with Crippen molar-refractivity contribution in [3.8, 4) is 5.75 Å². The van der Waals surface area contributed by atoms with Gasteiger partial charge >= 0.3 is 0 Å². The lowest BCUT2D eigenvalue weighted by Gasteiger charge is -2.34. The fourth-order valence-electron chi connectivity index (χ4n) is 2.35. The van der Waals surface area contributed by atoms with Crippen molar-refractivity contribution < 1.29 is 10.2 Å².